The van der Waals surface area contributed by atoms with Crippen molar-refractivity contribution in [2.75, 3.05) is 19.7 Å². The summed E-state index contributed by atoms with van der Waals surface area (Å²) in [7, 11) is 0. The van der Waals surface area contributed by atoms with Crippen LogP contribution in [-0.4, -0.2) is 48.7 Å². The van der Waals surface area contributed by atoms with E-state index in [9.17, 15) is 23.2 Å². The van der Waals surface area contributed by atoms with Crippen LogP contribution in [0.5, 0.6) is 0 Å². The molecule has 4 rings (SSSR count). The van der Waals surface area contributed by atoms with Crippen LogP contribution in [0.15, 0.2) is 48.5 Å². The molecule has 32 heavy (non-hydrogen) atoms. The maximum Gasteiger partial charge on any atom is 0.407 e. The first-order valence-corrected chi connectivity index (χ1v) is 10.3. The van der Waals surface area contributed by atoms with E-state index in [1.807, 2.05) is 48.5 Å². The van der Waals surface area contributed by atoms with Crippen LogP contribution in [0.4, 0.5) is 13.6 Å². The second-order valence-electron chi connectivity index (χ2n) is 7.90. The van der Waals surface area contributed by atoms with Crippen molar-refractivity contribution in [1.29, 1.82) is 0 Å². The Bertz CT molecular complexity index is 1010. The van der Waals surface area contributed by atoms with Gasteiger partial charge in [0.1, 0.15) is 12.5 Å². The summed E-state index contributed by atoms with van der Waals surface area (Å²) >= 11 is 0. The van der Waals surface area contributed by atoms with E-state index >= 15 is 0 Å². The molecule has 168 valence electrons. The van der Waals surface area contributed by atoms with Gasteiger partial charge in [0.25, 0.3) is 5.92 Å². The number of fused-ring (bicyclic) bond motifs is 3. The zero-order chi connectivity index (χ0) is 22.9. The minimum atomic E-state index is -3.26. The lowest BCUT2D eigenvalue weighted by molar-refractivity contribution is -0.137. The lowest BCUT2D eigenvalue weighted by Crippen LogP contribution is -2.31. The van der Waals surface area contributed by atoms with Gasteiger partial charge in [0.2, 0.25) is 5.91 Å². The van der Waals surface area contributed by atoms with E-state index in [0.29, 0.717) is 0 Å². The van der Waals surface area contributed by atoms with Gasteiger partial charge in [0, 0.05) is 19.0 Å². The molecule has 2 amide bonds. The highest BCUT2D eigenvalue weighted by molar-refractivity contribution is 5.84. The molecule has 0 spiro atoms. The number of benzene rings is 2. The Balaban J connectivity index is 1.29. The zero-order valence-corrected chi connectivity index (χ0v) is 17.0. The molecule has 2 atom stereocenters. The Labute approximate surface area is 182 Å². The summed E-state index contributed by atoms with van der Waals surface area (Å²) in [5.74, 6) is -8.41. The van der Waals surface area contributed by atoms with Crippen LogP contribution in [0.25, 0.3) is 11.1 Å². The number of halogens is 2. The second-order valence-corrected chi connectivity index (χ2v) is 7.90. The third-order valence-electron chi connectivity index (χ3n) is 5.93. The van der Waals surface area contributed by atoms with Crippen molar-refractivity contribution >= 4 is 18.0 Å². The molecule has 1 saturated carbocycles. The number of carboxylic acid groups (broad SMARTS) is 1. The molecule has 1 fully saturated rings. The predicted molar refractivity (Wildman–Crippen MR) is 110 cm³/mol. The van der Waals surface area contributed by atoms with Gasteiger partial charge in [0.15, 0.2) is 0 Å². The average molecular weight is 444 g/mol. The van der Waals surface area contributed by atoms with Crippen LogP contribution in [0.1, 0.15) is 23.5 Å². The number of hydrogen-bond acceptors (Lipinski definition) is 4. The van der Waals surface area contributed by atoms with Gasteiger partial charge in [-0.2, -0.15) is 0 Å². The predicted octanol–water partition coefficient (Wildman–Crippen LogP) is 3.00. The van der Waals surface area contributed by atoms with Gasteiger partial charge in [-0.15, -0.1) is 0 Å². The van der Waals surface area contributed by atoms with E-state index in [2.05, 4.69) is 10.6 Å². The third-order valence-corrected chi connectivity index (χ3v) is 5.93. The Kier molecular flexibility index (Phi) is 5.82. The highest BCUT2D eigenvalue weighted by Crippen LogP contribution is 2.55. The number of nitrogens with one attached hydrogen (secondary N) is 2. The van der Waals surface area contributed by atoms with Crippen LogP contribution in [0.2, 0.25) is 0 Å². The van der Waals surface area contributed by atoms with Crippen LogP contribution in [0, 0.1) is 11.8 Å². The van der Waals surface area contributed by atoms with Gasteiger partial charge in [0.05, 0.1) is 12.3 Å². The summed E-state index contributed by atoms with van der Waals surface area (Å²) in [4.78, 5) is 34.5. The number of hydrogen-bond donors (Lipinski definition) is 3. The maximum atomic E-state index is 13.9. The van der Waals surface area contributed by atoms with Crippen LogP contribution in [-0.2, 0) is 14.3 Å². The Morgan fingerprint density at radius 2 is 1.56 bits per heavy atom. The average Bonchev–Trinajstić information content (AvgIpc) is 3.17. The van der Waals surface area contributed by atoms with Crippen molar-refractivity contribution in [3.05, 3.63) is 59.7 Å². The normalized spacial score (nSPS) is 20.1. The van der Waals surface area contributed by atoms with E-state index in [1.54, 1.807) is 0 Å². The second kappa shape index (κ2) is 8.57. The Morgan fingerprint density at radius 1 is 0.969 bits per heavy atom. The van der Waals surface area contributed by atoms with Gasteiger partial charge in [-0.1, -0.05) is 48.5 Å². The molecule has 0 heterocycles. The molecule has 0 bridgehead atoms. The van der Waals surface area contributed by atoms with Gasteiger partial charge >= 0.3 is 12.1 Å². The number of aliphatic carboxylic acids is 1. The van der Waals surface area contributed by atoms with Crippen molar-refractivity contribution in [2.45, 2.75) is 18.3 Å². The molecule has 2 aliphatic carbocycles. The summed E-state index contributed by atoms with van der Waals surface area (Å²) in [6.45, 7) is -0.589. The first-order chi connectivity index (χ1) is 15.3. The number of ether oxygens (including phenoxy) is 1. The Hall–Kier alpha value is -3.49. The van der Waals surface area contributed by atoms with E-state index in [-0.39, 0.29) is 25.5 Å². The lowest BCUT2D eigenvalue weighted by atomic mass is 9.98. The maximum absolute atomic E-state index is 13.9. The number of alkyl carbamates (subject to hydrolysis) is 1. The molecule has 0 aliphatic heterocycles. The molecule has 2 unspecified atom stereocenters. The van der Waals surface area contributed by atoms with Crippen LogP contribution >= 0.6 is 0 Å². The van der Waals surface area contributed by atoms with E-state index < -0.39 is 42.3 Å². The summed E-state index contributed by atoms with van der Waals surface area (Å²) in [5.41, 5.74) is 4.22. The quantitative estimate of drug-likeness (QED) is 0.581. The number of carbonyl (C=O) groups excluding carboxylic acids is 2. The van der Waals surface area contributed by atoms with E-state index in [4.69, 9.17) is 9.84 Å². The summed E-state index contributed by atoms with van der Waals surface area (Å²) in [6.07, 6.45) is -1.19. The molecule has 7 nitrogen and oxygen atoms in total. The monoisotopic (exact) mass is 444 g/mol. The fraction of sp³-hybridized carbons (Fsp3) is 0.348. The van der Waals surface area contributed by atoms with Crippen molar-refractivity contribution in [1.82, 2.24) is 10.6 Å². The first-order valence-electron chi connectivity index (χ1n) is 10.3. The van der Waals surface area contributed by atoms with Gasteiger partial charge < -0.3 is 20.5 Å². The summed E-state index contributed by atoms with van der Waals surface area (Å²) in [6, 6.07) is 15.7. The van der Waals surface area contributed by atoms with Crippen molar-refractivity contribution in [3.8, 4) is 11.1 Å². The molecule has 0 aromatic heterocycles. The molecule has 2 aromatic carbocycles. The Morgan fingerprint density at radius 3 is 2.16 bits per heavy atom. The molecule has 0 radical (unpaired) electrons. The van der Waals surface area contributed by atoms with Crippen molar-refractivity contribution in [3.63, 3.8) is 0 Å². The largest absolute Gasteiger partial charge is 0.481 e. The molecule has 3 N–H and O–H groups in total. The molecule has 2 aromatic rings. The third kappa shape index (κ3) is 4.15. The van der Waals surface area contributed by atoms with E-state index in [0.717, 1.165) is 22.3 Å². The van der Waals surface area contributed by atoms with Gasteiger partial charge in [-0.25, -0.2) is 13.6 Å². The molecule has 0 saturated heterocycles. The molecular formula is C23H22F2N2O5. The topological polar surface area (TPSA) is 105 Å². The fourth-order valence-corrected chi connectivity index (χ4v) is 4.25. The minimum Gasteiger partial charge on any atom is -0.481 e. The first kappa shape index (κ1) is 21.7. The number of carbonyl (C=O) groups is 3. The van der Waals surface area contributed by atoms with E-state index in [1.165, 1.54) is 0 Å². The highest BCUT2D eigenvalue weighted by Gasteiger charge is 2.71. The van der Waals surface area contributed by atoms with Gasteiger partial charge in [-0.3, -0.25) is 9.59 Å². The summed E-state index contributed by atoms with van der Waals surface area (Å²) in [5, 5.41) is 13.1. The smallest absolute Gasteiger partial charge is 0.407 e. The molecule has 2 aliphatic rings. The minimum absolute atomic E-state index is 0.0556. The highest BCUT2D eigenvalue weighted by atomic mass is 19.3. The molecular weight excluding hydrogens is 422 g/mol. The summed E-state index contributed by atoms with van der Waals surface area (Å²) < 4.78 is 33.2. The lowest BCUT2D eigenvalue weighted by Gasteiger charge is -2.14. The van der Waals surface area contributed by atoms with Crippen LogP contribution < -0.4 is 10.6 Å². The zero-order valence-electron chi connectivity index (χ0n) is 17.0. The van der Waals surface area contributed by atoms with Gasteiger partial charge in [-0.05, 0) is 22.3 Å². The van der Waals surface area contributed by atoms with Crippen LogP contribution in [0.3, 0.4) is 0 Å². The van der Waals surface area contributed by atoms with Crippen molar-refractivity contribution < 1.29 is 33.0 Å². The van der Waals surface area contributed by atoms with Crippen molar-refractivity contribution in [2.24, 2.45) is 11.8 Å². The molecule has 9 heteroatoms. The standard InChI is InChI=1S/C23H22F2N2O5/c24-23(25)18(20(23)21(30)26-10-9-19(28)29)11-27-22(31)32-12-17-15-7-3-1-5-13(15)14-6-2-4-8-16(14)17/h1-8,17-18,20H,9-12H2,(H,26,30)(H,27,31)(H,28,29). The number of rotatable bonds is 8. The fourth-order valence-electron chi connectivity index (χ4n) is 4.25. The number of amides is 2. The number of alkyl halides is 2. The SMILES string of the molecule is O=C(O)CCNC(=O)C1C(CNC(=O)OCC2c3ccccc3-c3ccccc32)C1(F)F. The number of carboxylic acids is 1.